The predicted molar refractivity (Wildman–Crippen MR) is 166 cm³/mol. The van der Waals surface area contributed by atoms with Crippen LogP contribution in [0.3, 0.4) is 0 Å². The van der Waals surface area contributed by atoms with E-state index in [1.807, 2.05) is 51.1 Å². The number of carbonyl (C=O) groups is 2. The van der Waals surface area contributed by atoms with Crippen LogP contribution in [0.1, 0.15) is 31.9 Å². The van der Waals surface area contributed by atoms with Crippen molar-refractivity contribution in [2.75, 3.05) is 10.8 Å². The second-order valence-electron chi connectivity index (χ2n) is 11.4. The zero-order valence-corrected chi connectivity index (χ0v) is 25.6. The van der Waals surface area contributed by atoms with Crippen LogP contribution in [0.15, 0.2) is 114 Å². The molecule has 0 heterocycles. The van der Waals surface area contributed by atoms with Crippen LogP contribution >= 0.6 is 0 Å². The summed E-state index contributed by atoms with van der Waals surface area (Å²) in [4.78, 5) is 29.4. The van der Waals surface area contributed by atoms with Gasteiger partial charge in [-0.05, 0) is 80.4 Å². The summed E-state index contributed by atoms with van der Waals surface area (Å²) in [6.45, 7) is 4.67. The molecule has 0 saturated carbocycles. The maximum atomic E-state index is 14.3. The van der Waals surface area contributed by atoms with Gasteiger partial charge in [-0.25, -0.2) is 17.2 Å². The minimum absolute atomic E-state index is 0.0616. The molecule has 1 N–H and O–H groups in total. The summed E-state index contributed by atoms with van der Waals surface area (Å²) < 4.78 is 56.3. The lowest BCUT2D eigenvalue weighted by atomic mass is 10.0. The van der Waals surface area contributed by atoms with Gasteiger partial charge in [-0.2, -0.15) is 0 Å². The predicted octanol–water partition coefficient (Wildman–Crippen LogP) is 5.71. The highest BCUT2D eigenvalue weighted by atomic mass is 32.2. The van der Waals surface area contributed by atoms with E-state index < -0.39 is 51.6 Å². The summed E-state index contributed by atoms with van der Waals surface area (Å²) in [6.07, 6.45) is 0.137. The quantitative estimate of drug-likeness (QED) is 0.233. The lowest BCUT2D eigenvalue weighted by Gasteiger charge is -2.35. The Labute approximate surface area is 257 Å². The second kappa shape index (κ2) is 13.8. The number of amides is 2. The minimum atomic E-state index is -4.29. The number of hydrogen-bond donors (Lipinski definition) is 1. The molecule has 0 radical (unpaired) electrons. The third kappa shape index (κ3) is 8.50. The van der Waals surface area contributed by atoms with Gasteiger partial charge >= 0.3 is 0 Å². The van der Waals surface area contributed by atoms with Crippen molar-refractivity contribution in [2.45, 2.75) is 50.2 Å². The normalized spacial score (nSPS) is 12.3. The average molecular weight is 620 g/mol. The molecule has 0 bridgehead atoms. The van der Waals surface area contributed by atoms with Crippen LogP contribution in [-0.4, -0.2) is 43.3 Å². The maximum Gasteiger partial charge on any atom is 0.264 e. The first-order valence-electron chi connectivity index (χ1n) is 14.1. The van der Waals surface area contributed by atoms with Gasteiger partial charge in [0.15, 0.2) is 0 Å². The molecule has 0 aliphatic heterocycles. The fourth-order valence-electron chi connectivity index (χ4n) is 4.65. The summed E-state index contributed by atoms with van der Waals surface area (Å²) >= 11 is 0. The van der Waals surface area contributed by atoms with Crippen LogP contribution in [0.5, 0.6) is 0 Å². The Morgan fingerprint density at radius 2 is 1.27 bits per heavy atom. The molecule has 0 aliphatic carbocycles. The van der Waals surface area contributed by atoms with Gasteiger partial charge in [0, 0.05) is 18.5 Å². The van der Waals surface area contributed by atoms with Crippen LogP contribution in [0.2, 0.25) is 0 Å². The first-order chi connectivity index (χ1) is 20.8. The molecule has 4 rings (SSSR count). The molecule has 0 fully saturated rings. The Balaban J connectivity index is 1.80. The van der Waals surface area contributed by atoms with E-state index in [2.05, 4.69) is 5.32 Å². The molecule has 0 saturated heterocycles. The monoisotopic (exact) mass is 619 g/mol. The molecule has 4 aromatic rings. The van der Waals surface area contributed by atoms with E-state index in [9.17, 15) is 26.8 Å². The van der Waals surface area contributed by atoms with Gasteiger partial charge in [0.25, 0.3) is 10.0 Å². The molecule has 0 aliphatic rings. The molecule has 10 heteroatoms. The number of carbonyl (C=O) groups excluding carboxylic acids is 2. The van der Waals surface area contributed by atoms with Crippen molar-refractivity contribution in [3.8, 4) is 0 Å². The lowest BCUT2D eigenvalue weighted by molar-refractivity contribution is -0.140. The van der Waals surface area contributed by atoms with Gasteiger partial charge in [-0.15, -0.1) is 0 Å². The fourth-order valence-corrected chi connectivity index (χ4v) is 6.08. The summed E-state index contributed by atoms with van der Waals surface area (Å²) in [5.74, 6) is -2.15. The summed E-state index contributed by atoms with van der Waals surface area (Å²) in [7, 11) is -4.29. The van der Waals surface area contributed by atoms with Gasteiger partial charge in [0.1, 0.15) is 24.2 Å². The first kappa shape index (κ1) is 32.3. The van der Waals surface area contributed by atoms with Crippen molar-refractivity contribution in [3.63, 3.8) is 0 Å². The Morgan fingerprint density at radius 3 is 1.82 bits per heavy atom. The second-order valence-corrected chi connectivity index (χ2v) is 13.3. The number of benzene rings is 4. The number of sulfonamides is 1. The highest BCUT2D eigenvalue weighted by Crippen LogP contribution is 2.25. The van der Waals surface area contributed by atoms with Crippen molar-refractivity contribution in [1.29, 1.82) is 0 Å². The van der Waals surface area contributed by atoms with Crippen LogP contribution in [0.25, 0.3) is 0 Å². The molecule has 230 valence electrons. The Bertz CT molecular complexity index is 1660. The lowest BCUT2D eigenvalue weighted by Crippen LogP contribution is -2.56. The molecule has 1 unspecified atom stereocenters. The molecule has 1 atom stereocenters. The van der Waals surface area contributed by atoms with Crippen molar-refractivity contribution in [3.05, 3.63) is 132 Å². The van der Waals surface area contributed by atoms with Crippen molar-refractivity contribution >= 4 is 27.5 Å². The van der Waals surface area contributed by atoms with Crippen LogP contribution in [0.4, 0.5) is 14.5 Å². The van der Waals surface area contributed by atoms with E-state index in [4.69, 9.17) is 0 Å². The zero-order valence-electron chi connectivity index (χ0n) is 24.8. The molecule has 7 nitrogen and oxygen atoms in total. The SMILES string of the molecule is CC(C)(C)NC(=O)C(Cc1ccccc1)N(Cc1ccc(F)cc1)C(=O)CN(c1ccc(F)cc1)S(=O)(=O)c1ccccc1. The van der Waals surface area contributed by atoms with Crippen molar-refractivity contribution in [2.24, 2.45) is 0 Å². The van der Waals surface area contributed by atoms with E-state index in [1.165, 1.54) is 53.4 Å². The van der Waals surface area contributed by atoms with E-state index in [-0.39, 0.29) is 23.5 Å². The standard InChI is InChI=1S/C34H35F2N3O4S/c1-34(2,3)37-33(41)31(22-25-10-6-4-7-11-25)38(23-26-14-16-27(35)17-15-26)32(40)24-39(29-20-18-28(36)19-21-29)44(42,43)30-12-8-5-9-13-30/h4-21,31H,22-24H2,1-3H3,(H,37,41). The molecule has 0 aromatic heterocycles. The van der Waals surface area contributed by atoms with E-state index >= 15 is 0 Å². The van der Waals surface area contributed by atoms with Gasteiger partial charge in [-0.1, -0.05) is 60.7 Å². The summed E-state index contributed by atoms with van der Waals surface area (Å²) in [5.41, 5.74) is 0.767. The fraction of sp³-hybridized carbons (Fsp3) is 0.235. The smallest absolute Gasteiger partial charge is 0.264 e. The number of anilines is 1. The Kier molecular flexibility index (Phi) is 10.2. The topological polar surface area (TPSA) is 86.8 Å². The Hall–Kier alpha value is -4.57. The highest BCUT2D eigenvalue weighted by molar-refractivity contribution is 7.92. The molecule has 0 spiro atoms. The van der Waals surface area contributed by atoms with E-state index in [0.717, 1.165) is 22.0 Å². The number of hydrogen-bond acceptors (Lipinski definition) is 4. The van der Waals surface area contributed by atoms with Gasteiger partial charge in [0.05, 0.1) is 10.6 Å². The van der Waals surface area contributed by atoms with Crippen molar-refractivity contribution in [1.82, 2.24) is 10.2 Å². The first-order valence-corrected chi connectivity index (χ1v) is 15.5. The summed E-state index contributed by atoms with van der Waals surface area (Å²) in [6, 6.07) is 26.0. The Morgan fingerprint density at radius 1 is 0.750 bits per heavy atom. The molecule has 4 aromatic carbocycles. The molecular formula is C34H35F2N3O4S. The van der Waals surface area contributed by atoms with E-state index in [1.54, 1.807) is 18.2 Å². The number of halogens is 2. The molecule has 44 heavy (non-hydrogen) atoms. The molecule has 2 amide bonds. The van der Waals surface area contributed by atoms with Crippen molar-refractivity contribution < 1.29 is 26.8 Å². The van der Waals surface area contributed by atoms with E-state index in [0.29, 0.717) is 5.56 Å². The van der Waals surface area contributed by atoms with Crippen LogP contribution in [0, 0.1) is 11.6 Å². The van der Waals surface area contributed by atoms with Gasteiger partial charge < -0.3 is 10.2 Å². The third-order valence-corrected chi connectivity index (χ3v) is 8.55. The van der Waals surface area contributed by atoms with Crippen LogP contribution < -0.4 is 9.62 Å². The van der Waals surface area contributed by atoms with Crippen LogP contribution in [-0.2, 0) is 32.6 Å². The average Bonchev–Trinajstić information content (AvgIpc) is 2.99. The largest absolute Gasteiger partial charge is 0.350 e. The number of rotatable bonds is 11. The zero-order chi connectivity index (χ0) is 31.9. The summed E-state index contributed by atoms with van der Waals surface area (Å²) in [5, 5.41) is 2.95. The number of nitrogens with zero attached hydrogens (tertiary/aromatic N) is 2. The number of nitrogens with one attached hydrogen (secondary N) is 1. The third-order valence-electron chi connectivity index (χ3n) is 6.76. The molecular weight excluding hydrogens is 584 g/mol. The highest BCUT2D eigenvalue weighted by Gasteiger charge is 2.35. The van der Waals surface area contributed by atoms with Gasteiger partial charge in [-0.3, -0.25) is 13.9 Å². The minimum Gasteiger partial charge on any atom is -0.350 e. The maximum absolute atomic E-state index is 14.3. The van der Waals surface area contributed by atoms with Gasteiger partial charge in [0.2, 0.25) is 11.8 Å².